The summed E-state index contributed by atoms with van der Waals surface area (Å²) in [5.41, 5.74) is 0.334. The van der Waals surface area contributed by atoms with E-state index in [4.69, 9.17) is 11.6 Å². The van der Waals surface area contributed by atoms with E-state index in [1.54, 1.807) is 30.6 Å². The lowest BCUT2D eigenvalue weighted by Gasteiger charge is -2.17. The van der Waals surface area contributed by atoms with Gasteiger partial charge in [0.05, 0.1) is 17.1 Å². The van der Waals surface area contributed by atoms with Crippen LogP contribution in [0.15, 0.2) is 45.4 Å². The first-order chi connectivity index (χ1) is 13.3. The van der Waals surface area contributed by atoms with Gasteiger partial charge in [-0.15, -0.1) is 11.3 Å². The molecule has 0 saturated heterocycles. The second-order valence-corrected chi connectivity index (χ2v) is 9.03. The number of aromatic amines is 1. The van der Waals surface area contributed by atoms with Crippen molar-refractivity contribution in [3.05, 3.63) is 56.9 Å². The molecular formula is C17H17ClN4O4S2. The highest BCUT2D eigenvalue weighted by Crippen LogP contribution is 2.20. The van der Waals surface area contributed by atoms with E-state index < -0.39 is 10.0 Å². The average Bonchev–Trinajstić information content (AvgIpc) is 3.10. The number of nitrogens with one attached hydrogen (secondary N) is 2. The number of nitrogens with zero attached hydrogens (tertiary/aromatic N) is 2. The molecule has 0 atom stereocenters. The Labute approximate surface area is 170 Å². The molecule has 0 fully saturated rings. The molecule has 11 heteroatoms. The van der Waals surface area contributed by atoms with Crippen molar-refractivity contribution in [2.75, 3.05) is 13.6 Å². The Hall–Kier alpha value is -2.27. The second-order valence-electron chi connectivity index (χ2n) is 5.98. The summed E-state index contributed by atoms with van der Waals surface area (Å²) < 4.78 is 27.4. The van der Waals surface area contributed by atoms with Crippen LogP contribution in [0.25, 0.3) is 10.2 Å². The number of benzene rings is 1. The molecule has 2 aromatic heterocycles. The van der Waals surface area contributed by atoms with Crippen LogP contribution in [0.3, 0.4) is 0 Å². The van der Waals surface area contributed by atoms with E-state index in [9.17, 15) is 18.0 Å². The molecule has 8 nitrogen and oxygen atoms in total. The van der Waals surface area contributed by atoms with Crippen LogP contribution in [-0.4, -0.2) is 42.8 Å². The number of aromatic nitrogens is 2. The number of thiophene rings is 1. The molecule has 3 aromatic rings. The standard InChI is InChI=1S/C17H17ClN4O4S2/c1-22(10-14-20-12-7-9-27-16(12)17(24)21-14)15(23)6-8-19-28(25,26)13-5-3-2-4-11(13)18/h2-5,7,9,19H,6,8,10H2,1H3,(H,20,21,24). The topological polar surface area (TPSA) is 112 Å². The van der Waals surface area contributed by atoms with E-state index in [0.717, 1.165) is 0 Å². The first kappa shape index (κ1) is 20.5. The highest BCUT2D eigenvalue weighted by Gasteiger charge is 2.18. The van der Waals surface area contributed by atoms with E-state index in [0.29, 0.717) is 16.0 Å². The van der Waals surface area contributed by atoms with Crippen molar-refractivity contribution in [3.63, 3.8) is 0 Å². The Bertz CT molecular complexity index is 1170. The average molecular weight is 441 g/mol. The molecule has 148 valence electrons. The van der Waals surface area contributed by atoms with Gasteiger partial charge in [0, 0.05) is 20.0 Å². The Kier molecular flexibility index (Phi) is 6.14. The van der Waals surface area contributed by atoms with Gasteiger partial charge in [-0.1, -0.05) is 23.7 Å². The van der Waals surface area contributed by atoms with Crippen LogP contribution in [0.5, 0.6) is 0 Å². The molecular weight excluding hydrogens is 424 g/mol. The van der Waals surface area contributed by atoms with Crippen molar-refractivity contribution in [2.24, 2.45) is 0 Å². The molecule has 2 heterocycles. The quantitative estimate of drug-likeness (QED) is 0.583. The molecule has 0 radical (unpaired) electrons. The van der Waals surface area contributed by atoms with Gasteiger partial charge in [-0.05, 0) is 23.6 Å². The zero-order valence-electron chi connectivity index (χ0n) is 14.8. The molecule has 0 aliphatic carbocycles. The summed E-state index contributed by atoms with van der Waals surface area (Å²) in [5, 5.41) is 1.88. The van der Waals surface area contributed by atoms with Crippen molar-refractivity contribution in [2.45, 2.75) is 17.9 Å². The van der Waals surface area contributed by atoms with Crippen molar-refractivity contribution in [1.82, 2.24) is 19.6 Å². The lowest BCUT2D eigenvalue weighted by molar-refractivity contribution is -0.130. The maximum absolute atomic E-state index is 12.3. The maximum atomic E-state index is 12.3. The molecule has 0 aliphatic heterocycles. The van der Waals surface area contributed by atoms with Gasteiger partial charge in [-0.3, -0.25) is 9.59 Å². The Morgan fingerprint density at radius 1 is 1.32 bits per heavy atom. The number of H-pyrrole nitrogens is 1. The minimum atomic E-state index is -3.81. The van der Waals surface area contributed by atoms with Crippen LogP contribution in [0.1, 0.15) is 12.2 Å². The van der Waals surface area contributed by atoms with Crippen molar-refractivity contribution < 1.29 is 13.2 Å². The Morgan fingerprint density at radius 2 is 2.07 bits per heavy atom. The van der Waals surface area contributed by atoms with Gasteiger partial charge < -0.3 is 9.88 Å². The zero-order chi connectivity index (χ0) is 20.3. The van der Waals surface area contributed by atoms with Gasteiger partial charge in [0.1, 0.15) is 15.4 Å². The van der Waals surface area contributed by atoms with Crippen LogP contribution in [0.2, 0.25) is 5.02 Å². The normalized spacial score (nSPS) is 11.6. The third kappa shape index (κ3) is 4.58. The van der Waals surface area contributed by atoms with Gasteiger partial charge in [-0.2, -0.15) is 0 Å². The van der Waals surface area contributed by atoms with E-state index in [2.05, 4.69) is 14.7 Å². The highest BCUT2D eigenvalue weighted by molar-refractivity contribution is 7.89. The third-order valence-corrected chi connectivity index (χ3v) is 6.80. The highest BCUT2D eigenvalue weighted by atomic mass is 35.5. The summed E-state index contributed by atoms with van der Waals surface area (Å²) in [7, 11) is -2.25. The van der Waals surface area contributed by atoms with E-state index in [-0.39, 0.29) is 40.9 Å². The fraction of sp³-hybridized carbons (Fsp3) is 0.235. The monoisotopic (exact) mass is 440 g/mol. The van der Waals surface area contributed by atoms with E-state index in [1.165, 1.54) is 28.4 Å². The number of carbonyl (C=O) groups excluding carboxylic acids is 1. The molecule has 28 heavy (non-hydrogen) atoms. The molecule has 0 bridgehead atoms. The fourth-order valence-corrected chi connectivity index (χ4v) is 4.81. The molecule has 1 amide bonds. The number of halogens is 1. The van der Waals surface area contributed by atoms with Crippen molar-refractivity contribution in [3.8, 4) is 0 Å². The lowest BCUT2D eigenvalue weighted by atomic mass is 10.3. The summed E-state index contributed by atoms with van der Waals surface area (Å²) in [6, 6.07) is 7.81. The number of carbonyl (C=O) groups is 1. The second kappa shape index (κ2) is 8.39. The molecule has 3 rings (SSSR count). The smallest absolute Gasteiger partial charge is 0.268 e. The maximum Gasteiger partial charge on any atom is 0.268 e. The van der Waals surface area contributed by atoms with Gasteiger partial charge in [0.15, 0.2) is 0 Å². The number of rotatable bonds is 7. The SMILES string of the molecule is CN(Cc1nc2ccsc2c(=O)[nH]1)C(=O)CCNS(=O)(=O)c1ccccc1Cl. The number of fused-ring (bicyclic) bond motifs is 1. The van der Waals surface area contributed by atoms with E-state index >= 15 is 0 Å². The molecule has 0 aliphatic rings. The minimum Gasteiger partial charge on any atom is -0.338 e. The van der Waals surface area contributed by atoms with Crippen molar-refractivity contribution >= 4 is 49.1 Å². The number of sulfonamides is 1. The minimum absolute atomic E-state index is 0.0386. The van der Waals surface area contributed by atoms with Crippen LogP contribution in [0, 0.1) is 0 Å². The van der Waals surface area contributed by atoms with Crippen LogP contribution < -0.4 is 10.3 Å². The van der Waals surface area contributed by atoms with E-state index in [1.807, 2.05) is 0 Å². The molecule has 0 spiro atoms. The van der Waals surface area contributed by atoms with Gasteiger partial charge in [0.2, 0.25) is 15.9 Å². The summed E-state index contributed by atoms with van der Waals surface area (Å²) in [6.45, 7) is 0.0291. The summed E-state index contributed by atoms with van der Waals surface area (Å²) in [4.78, 5) is 32.6. The number of hydrogen-bond acceptors (Lipinski definition) is 6. The molecule has 0 unspecified atom stereocenters. The Balaban J connectivity index is 1.58. The molecule has 0 saturated carbocycles. The van der Waals surface area contributed by atoms with Crippen molar-refractivity contribution in [1.29, 1.82) is 0 Å². The van der Waals surface area contributed by atoms with Gasteiger partial charge in [-0.25, -0.2) is 18.1 Å². The van der Waals surface area contributed by atoms with Crippen LogP contribution in [0.4, 0.5) is 0 Å². The van der Waals surface area contributed by atoms with Crippen LogP contribution in [-0.2, 0) is 21.4 Å². The summed E-state index contributed by atoms with van der Waals surface area (Å²) in [6.07, 6.45) is -0.0505. The van der Waals surface area contributed by atoms with Gasteiger partial charge in [0.25, 0.3) is 5.56 Å². The summed E-state index contributed by atoms with van der Waals surface area (Å²) in [5.74, 6) is 0.0679. The largest absolute Gasteiger partial charge is 0.338 e. The molecule has 2 N–H and O–H groups in total. The van der Waals surface area contributed by atoms with Gasteiger partial charge >= 0.3 is 0 Å². The predicted octanol–water partition coefficient (Wildman–Crippen LogP) is 1.96. The summed E-state index contributed by atoms with van der Waals surface area (Å²) >= 11 is 7.21. The first-order valence-electron chi connectivity index (χ1n) is 8.22. The first-order valence-corrected chi connectivity index (χ1v) is 11.0. The predicted molar refractivity (Wildman–Crippen MR) is 108 cm³/mol. The number of amides is 1. The Morgan fingerprint density at radius 3 is 2.82 bits per heavy atom. The lowest BCUT2D eigenvalue weighted by Crippen LogP contribution is -2.32. The molecule has 1 aromatic carbocycles. The zero-order valence-corrected chi connectivity index (χ0v) is 17.2. The third-order valence-electron chi connectivity index (χ3n) is 3.93. The number of hydrogen-bond donors (Lipinski definition) is 2. The fourth-order valence-electron chi connectivity index (χ4n) is 2.53. The van der Waals surface area contributed by atoms with Crippen LogP contribution >= 0.6 is 22.9 Å².